The van der Waals surface area contributed by atoms with Crippen molar-refractivity contribution in [2.75, 3.05) is 0 Å². The Kier molecular flexibility index (Phi) is 3.73. The zero-order valence-electron chi connectivity index (χ0n) is 14.4. The number of rotatable bonds is 2. The molecule has 0 aliphatic rings. The average Bonchev–Trinajstić information content (AvgIpc) is 2.65. The molecule has 0 fully saturated rings. The summed E-state index contributed by atoms with van der Waals surface area (Å²) in [7, 11) is 0. The Morgan fingerprint density at radius 1 is 0.680 bits per heavy atom. The van der Waals surface area contributed by atoms with Crippen molar-refractivity contribution in [3.05, 3.63) is 95.3 Å². The zero-order chi connectivity index (χ0) is 17.4. The van der Waals surface area contributed by atoms with Crippen LogP contribution >= 0.6 is 0 Å². The van der Waals surface area contributed by atoms with Crippen LogP contribution in [0.25, 0.3) is 33.2 Å². The predicted octanol–water partition coefficient (Wildman–Crippen LogP) is 5.42. The highest BCUT2D eigenvalue weighted by atomic mass is 16.5. The Morgan fingerprint density at radius 2 is 1.28 bits per heavy atom. The van der Waals surface area contributed by atoms with Crippen molar-refractivity contribution >= 4 is 10.8 Å². The largest absolute Gasteiger partial charge is 0.618 e. The van der Waals surface area contributed by atoms with E-state index in [9.17, 15) is 5.21 Å². The van der Waals surface area contributed by atoms with Gasteiger partial charge in [-0.2, -0.15) is 4.73 Å². The van der Waals surface area contributed by atoms with E-state index in [2.05, 4.69) is 37.3 Å². The maximum absolute atomic E-state index is 13.2. The number of hydrogen-bond acceptors (Lipinski definition) is 1. The van der Waals surface area contributed by atoms with E-state index in [0.29, 0.717) is 5.69 Å². The molecular formula is C23H19NO. The van der Waals surface area contributed by atoms with Gasteiger partial charge in [-0.15, -0.1) is 0 Å². The van der Waals surface area contributed by atoms with Crippen LogP contribution in [0, 0.1) is 19.1 Å². The number of nitrogens with zero attached hydrogens (tertiary/aromatic N) is 1. The molecule has 122 valence electrons. The van der Waals surface area contributed by atoms with Gasteiger partial charge in [-0.05, 0) is 30.7 Å². The third-order valence-electron chi connectivity index (χ3n) is 4.69. The molecule has 4 aromatic rings. The van der Waals surface area contributed by atoms with Crippen LogP contribution in [0.5, 0.6) is 0 Å². The summed E-state index contributed by atoms with van der Waals surface area (Å²) in [6.45, 7) is 3.98. The lowest BCUT2D eigenvalue weighted by Crippen LogP contribution is -2.34. The molecule has 0 spiro atoms. The van der Waals surface area contributed by atoms with Gasteiger partial charge in [0.25, 0.3) is 0 Å². The van der Waals surface area contributed by atoms with Crippen molar-refractivity contribution in [3.63, 3.8) is 0 Å². The summed E-state index contributed by atoms with van der Waals surface area (Å²) in [6.07, 6.45) is 0. The Balaban J connectivity index is 2.22. The van der Waals surface area contributed by atoms with E-state index in [0.717, 1.165) is 37.9 Å². The number of benzene rings is 3. The smallest absolute Gasteiger partial charge is 0.232 e. The van der Waals surface area contributed by atoms with E-state index in [1.807, 2.05) is 55.5 Å². The monoisotopic (exact) mass is 325 g/mol. The molecule has 4 rings (SSSR count). The summed E-state index contributed by atoms with van der Waals surface area (Å²) in [4.78, 5) is 0. The number of aryl methyl sites for hydroxylation is 2. The summed E-state index contributed by atoms with van der Waals surface area (Å²) in [5.74, 6) is 0. The molecule has 0 saturated carbocycles. The Labute approximate surface area is 147 Å². The van der Waals surface area contributed by atoms with Crippen LogP contribution in [0.2, 0.25) is 0 Å². The van der Waals surface area contributed by atoms with Crippen molar-refractivity contribution in [2.45, 2.75) is 13.8 Å². The molecule has 3 aromatic carbocycles. The Morgan fingerprint density at radius 3 is 1.92 bits per heavy atom. The van der Waals surface area contributed by atoms with Crippen LogP contribution in [-0.4, -0.2) is 0 Å². The SMILES string of the molecule is Cc1ccc2c(C)[n+]([O-])c(-c3ccccc3)c(-c3ccccc3)c2c1. The molecule has 2 nitrogen and oxygen atoms in total. The van der Waals surface area contributed by atoms with Gasteiger partial charge in [-0.3, -0.25) is 0 Å². The fourth-order valence-electron chi connectivity index (χ4n) is 3.44. The average molecular weight is 325 g/mol. The molecule has 1 aromatic heterocycles. The Hall–Kier alpha value is -3.13. The fourth-order valence-corrected chi connectivity index (χ4v) is 3.44. The summed E-state index contributed by atoms with van der Waals surface area (Å²) < 4.78 is 1.08. The zero-order valence-corrected chi connectivity index (χ0v) is 14.4. The van der Waals surface area contributed by atoms with Crippen molar-refractivity contribution in [1.82, 2.24) is 0 Å². The maximum Gasteiger partial charge on any atom is 0.232 e. The first-order chi connectivity index (χ1) is 12.2. The standard InChI is InChI=1S/C23H19NO/c1-16-13-14-20-17(2)24(25)23(19-11-7-4-8-12-19)22(21(20)15-16)18-9-5-3-6-10-18/h3-15H,1-2H3. The van der Waals surface area contributed by atoms with Gasteiger partial charge in [0.1, 0.15) is 0 Å². The van der Waals surface area contributed by atoms with Crippen LogP contribution in [-0.2, 0) is 0 Å². The summed E-state index contributed by atoms with van der Waals surface area (Å²) in [5.41, 5.74) is 5.61. The maximum atomic E-state index is 13.2. The minimum Gasteiger partial charge on any atom is -0.618 e. The van der Waals surface area contributed by atoms with Gasteiger partial charge < -0.3 is 5.21 Å². The second kappa shape index (κ2) is 6.06. The van der Waals surface area contributed by atoms with E-state index < -0.39 is 0 Å². The first-order valence-corrected chi connectivity index (χ1v) is 8.44. The molecule has 0 unspecified atom stereocenters. The third-order valence-corrected chi connectivity index (χ3v) is 4.69. The quantitative estimate of drug-likeness (QED) is 0.357. The minimum absolute atomic E-state index is 0.711. The number of pyridine rings is 1. The molecule has 25 heavy (non-hydrogen) atoms. The number of fused-ring (bicyclic) bond motifs is 1. The highest BCUT2D eigenvalue weighted by molar-refractivity contribution is 6.02. The lowest BCUT2D eigenvalue weighted by molar-refractivity contribution is -0.598. The van der Waals surface area contributed by atoms with Gasteiger partial charge in [0, 0.05) is 17.9 Å². The van der Waals surface area contributed by atoms with Crippen LogP contribution in [0.1, 0.15) is 11.3 Å². The lowest BCUT2D eigenvalue weighted by Gasteiger charge is -2.17. The molecule has 0 N–H and O–H groups in total. The summed E-state index contributed by atoms with van der Waals surface area (Å²) in [6, 6.07) is 26.4. The van der Waals surface area contributed by atoms with Gasteiger partial charge in [-0.1, -0.05) is 66.2 Å². The normalized spacial score (nSPS) is 11.0. The second-order valence-electron chi connectivity index (χ2n) is 6.38. The van der Waals surface area contributed by atoms with E-state index in [1.165, 1.54) is 5.56 Å². The molecule has 0 aliphatic heterocycles. The summed E-state index contributed by atoms with van der Waals surface area (Å²) >= 11 is 0. The van der Waals surface area contributed by atoms with Crippen molar-refractivity contribution in [3.8, 4) is 22.4 Å². The molecule has 2 heteroatoms. The second-order valence-corrected chi connectivity index (χ2v) is 6.38. The highest BCUT2D eigenvalue weighted by Gasteiger charge is 2.23. The predicted molar refractivity (Wildman–Crippen MR) is 103 cm³/mol. The van der Waals surface area contributed by atoms with E-state index >= 15 is 0 Å². The van der Waals surface area contributed by atoms with E-state index in [4.69, 9.17) is 0 Å². The van der Waals surface area contributed by atoms with Gasteiger partial charge in [0.15, 0.2) is 5.69 Å². The van der Waals surface area contributed by atoms with Crippen LogP contribution in [0.15, 0.2) is 78.9 Å². The fraction of sp³-hybridized carbons (Fsp3) is 0.0870. The van der Waals surface area contributed by atoms with E-state index in [1.54, 1.807) is 0 Å². The van der Waals surface area contributed by atoms with Crippen molar-refractivity contribution in [2.24, 2.45) is 0 Å². The molecule has 0 saturated heterocycles. The van der Waals surface area contributed by atoms with Gasteiger partial charge >= 0.3 is 0 Å². The molecule has 0 atom stereocenters. The molecule has 0 aliphatic carbocycles. The topological polar surface area (TPSA) is 26.9 Å². The molecule has 0 radical (unpaired) electrons. The molecular weight excluding hydrogens is 306 g/mol. The van der Waals surface area contributed by atoms with Gasteiger partial charge in [-0.25, -0.2) is 0 Å². The van der Waals surface area contributed by atoms with Gasteiger partial charge in [0.2, 0.25) is 5.69 Å². The van der Waals surface area contributed by atoms with Crippen LogP contribution < -0.4 is 4.73 Å². The first-order valence-electron chi connectivity index (χ1n) is 8.44. The van der Waals surface area contributed by atoms with Crippen LogP contribution in [0.3, 0.4) is 0 Å². The van der Waals surface area contributed by atoms with E-state index in [-0.39, 0.29) is 0 Å². The number of aromatic nitrogens is 1. The molecule has 0 bridgehead atoms. The minimum atomic E-state index is 0.711. The molecule has 1 heterocycles. The Bertz CT molecular complexity index is 1050. The van der Waals surface area contributed by atoms with Crippen LogP contribution in [0.4, 0.5) is 0 Å². The summed E-state index contributed by atoms with van der Waals surface area (Å²) in [5, 5.41) is 15.3. The highest BCUT2D eigenvalue weighted by Crippen LogP contribution is 2.37. The van der Waals surface area contributed by atoms with Crippen molar-refractivity contribution in [1.29, 1.82) is 0 Å². The number of hydrogen-bond donors (Lipinski definition) is 0. The lowest BCUT2D eigenvalue weighted by atomic mass is 9.92. The van der Waals surface area contributed by atoms with Crippen molar-refractivity contribution < 1.29 is 4.73 Å². The van der Waals surface area contributed by atoms with Gasteiger partial charge in [0.05, 0.1) is 10.9 Å². The molecule has 0 amide bonds. The third kappa shape index (κ3) is 2.56. The first kappa shape index (κ1) is 15.4.